The number of imidazole rings is 1. The fraction of sp³-hybridized carbons (Fsp3) is 0.733. The maximum atomic E-state index is 12.1. The Morgan fingerprint density at radius 2 is 2.35 bits per heavy atom. The summed E-state index contributed by atoms with van der Waals surface area (Å²) in [6.45, 7) is 4.38. The molecule has 5 nitrogen and oxygen atoms in total. The molecule has 0 aliphatic carbocycles. The highest BCUT2D eigenvalue weighted by molar-refractivity contribution is 5.68. The minimum Gasteiger partial charge on any atom is -0.449 e. The van der Waals surface area contributed by atoms with Crippen molar-refractivity contribution in [1.29, 1.82) is 0 Å². The van der Waals surface area contributed by atoms with Crippen molar-refractivity contribution in [2.75, 3.05) is 13.2 Å². The molecule has 0 N–H and O–H groups in total. The van der Waals surface area contributed by atoms with E-state index in [1.165, 1.54) is 6.42 Å². The Balaban J connectivity index is 1.82. The first-order chi connectivity index (χ1) is 9.81. The lowest BCUT2D eigenvalue weighted by molar-refractivity contribution is 0.0689. The molecule has 1 aliphatic heterocycles. The first-order valence-corrected chi connectivity index (χ1v) is 7.70. The molecule has 1 aliphatic rings. The minimum atomic E-state index is -0.131. The fourth-order valence-electron chi connectivity index (χ4n) is 2.64. The van der Waals surface area contributed by atoms with Gasteiger partial charge in [0.05, 0.1) is 12.9 Å². The number of aromatic nitrogens is 2. The smallest absolute Gasteiger partial charge is 0.410 e. The van der Waals surface area contributed by atoms with E-state index in [1.807, 2.05) is 17.4 Å². The van der Waals surface area contributed by atoms with Gasteiger partial charge in [0.1, 0.15) is 0 Å². The Hall–Kier alpha value is -1.52. The molecule has 1 aromatic heterocycles. The molecule has 0 saturated carbocycles. The second-order valence-electron chi connectivity index (χ2n) is 5.40. The van der Waals surface area contributed by atoms with Crippen LogP contribution in [-0.4, -0.2) is 39.7 Å². The molecule has 1 aromatic rings. The third kappa shape index (κ3) is 4.25. The monoisotopic (exact) mass is 279 g/mol. The highest BCUT2D eigenvalue weighted by Crippen LogP contribution is 2.21. The van der Waals surface area contributed by atoms with Crippen molar-refractivity contribution >= 4 is 6.09 Å². The Morgan fingerprint density at radius 3 is 3.10 bits per heavy atom. The largest absolute Gasteiger partial charge is 0.449 e. The van der Waals surface area contributed by atoms with Crippen molar-refractivity contribution in [2.24, 2.45) is 0 Å². The van der Waals surface area contributed by atoms with Gasteiger partial charge in [0.25, 0.3) is 0 Å². The molecule has 1 saturated heterocycles. The molecule has 0 unspecified atom stereocenters. The Morgan fingerprint density at radius 1 is 1.45 bits per heavy atom. The number of carbonyl (C=O) groups is 1. The summed E-state index contributed by atoms with van der Waals surface area (Å²) in [5.41, 5.74) is 0. The summed E-state index contributed by atoms with van der Waals surface area (Å²) < 4.78 is 7.42. The number of aryl methyl sites for hydroxylation is 1. The van der Waals surface area contributed by atoms with Crippen molar-refractivity contribution in [3.05, 3.63) is 18.7 Å². The van der Waals surface area contributed by atoms with Crippen molar-refractivity contribution in [3.8, 4) is 0 Å². The van der Waals surface area contributed by atoms with Gasteiger partial charge >= 0.3 is 6.09 Å². The van der Waals surface area contributed by atoms with E-state index in [-0.39, 0.29) is 6.09 Å². The molecule has 1 fully saturated rings. The summed E-state index contributed by atoms with van der Waals surface area (Å²) >= 11 is 0. The van der Waals surface area contributed by atoms with E-state index < -0.39 is 0 Å². The number of nitrogens with zero attached hydrogens (tertiary/aromatic N) is 3. The van der Waals surface area contributed by atoms with Gasteiger partial charge in [0.2, 0.25) is 0 Å². The Bertz CT molecular complexity index is 392. The molecule has 1 amide bonds. The standard InChI is InChI=1S/C15H25N3O2/c1-2-3-12-20-15(19)18-9-5-4-6-14(18)7-10-17-11-8-16-13-17/h8,11,13-14H,2-7,9-10,12H2,1H3/t14-/m1/s1. The Kier molecular flexibility index (Phi) is 5.89. The van der Waals surface area contributed by atoms with Crippen molar-refractivity contribution in [1.82, 2.24) is 14.5 Å². The van der Waals surface area contributed by atoms with Crippen molar-refractivity contribution in [2.45, 2.75) is 58.0 Å². The van der Waals surface area contributed by atoms with E-state index in [1.54, 1.807) is 6.20 Å². The topological polar surface area (TPSA) is 47.4 Å². The molecule has 0 spiro atoms. The van der Waals surface area contributed by atoms with Gasteiger partial charge in [-0.1, -0.05) is 13.3 Å². The average molecular weight is 279 g/mol. The third-order valence-electron chi connectivity index (χ3n) is 3.86. The van der Waals surface area contributed by atoms with Crippen LogP contribution in [0, 0.1) is 0 Å². The van der Waals surface area contributed by atoms with Crippen LogP contribution in [0.4, 0.5) is 4.79 Å². The molecular weight excluding hydrogens is 254 g/mol. The van der Waals surface area contributed by atoms with Crippen molar-refractivity contribution in [3.63, 3.8) is 0 Å². The summed E-state index contributed by atoms with van der Waals surface area (Å²) in [4.78, 5) is 18.1. The van der Waals surface area contributed by atoms with E-state index in [2.05, 4.69) is 16.5 Å². The van der Waals surface area contributed by atoms with Crippen LogP contribution in [0.5, 0.6) is 0 Å². The zero-order valence-electron chi connectivity index (χ0n) is 12.3. The van der Waals surface area contributed by atoms with Crippen LogP contribution in [0.1, 0.15) is 45.4 Å². The van der Waals surface area contributed by atoms with Gasteiger partial charge in [0, 0.05) is 31.5 Å². The quantitative estimate of drug-likeness (QED) is 0.752. The van der Waals surface area contributed by atoms with Gasteiger partial charge in [0.15, 0.2) is 0 Å². The highest BCUT2D eigenvalue weighted by atomic mass is 16.6. The van der Waals surface area contributed by atoms with Crippen LogP contribution in [0.3, 0.4) is 0 Å². The van der Waals surface area contributed by atoms with Crippen LogP contribution >= 0.6 is 0 Å². The number of carbonyl (C=O) groups excluding carboxylic acids is 1. The molecule has 112 valence electrons. The number of hydrogen-bond donors (Lipinski definition) is 0. The van der Waals surface area contributed by atoms with Crippen LogP contribution in [0.15, 0.2) is 18.7 Å². The lowest BCUT2D eigenvalue weighted by atomic mass is 10.00. The summed E-state index contributed by atoms with van der Waals surface area (Å²) in [5, 5.41) is 0. The number of hydrogen-bond acceptors (Lipinski definition) is 3. The maximum Gasteiger partial charge on any atom is 0.410 e. The van der Waals surface area contributed by atoms with Gasteiger partial charge in [-0.3, -0.25) is 0 Å². The summed E-state index contributed by atoms with van der Waals surface area (Å²) in [6.07, 6.45) is 11.8. The molecule has 5 heteroatoms. The zero-order chi connectivity index (χ0) is 14.2. The number of amides is 1. The van der Waals surface area contributed by atoms with E-state index in [4.69, 9.17) is 4.74 Å². The fourth-order valence-corrected chi connectivity index (χ4v) is 2.64. The van der Waals surface area contributed by atoms with Crippen LogP contribution in [0.25, 0.3) is 0 Å². The molecule has 20 heavy (non-hydrogen) atoms. The van der Waals surface area contributed by atoms with Gasteiger partial charge in [-0.2, -0.15) is 0 Å². The number of likely N-dealkylation sites (tertiary alicyclic amines) is 1. The zero-order valence-corrected chi connectivity index (χ0v) is 12.3. The molecule has 0 bridgehead atoms. The number of unbranched alkanes of at least 4 members (excludes halogenated alkanes) is 1. The van der Waals surface area contributed by atoms with Gasteiger partial charge in [-0.15, -0.1) is 0 Å². The first kappa shape index (κ1) is 14.9. The summed E-state index contributed by atoms with van der Waals surface area (Å²) in [6, 6.07) is 0.306. The van der Waals surface area contributed by atoms with E-state index in [0.717, 1.165) is 45.2 Å². The molecule has 1 atom stereocenters. The van der Waals surface area contributed by atoms with E-state index in [0.29, 0.717) is 12.6 Å². The number of rotatable bonds is 6. The molecule has 0 aromatic carbocycles. The van der Waals surface area contributed by atoms with Gasteiger partial charge < -0.3 is 14.2 Å². The van der Waals surface area contributed by atoms with E-state index in [9.17, 15) is 4.79 Å². The van der Waals surface area contributed by atoms with Crippen LogP contribution < -0.4 is 0 Å². The predicted molar refractivity (Wildman–Crippen MR) is 77.4 cm³/mol. The lowest BCUT2D eigenvalue weighted by Crippen LogP contribution is -2.44. The number of ether oxygens (including phenoxy) is 1. The minimum absolute atomic E-state index is 0.131. The van der Waals surface area contributed by atoms with Gasteiger partial charge in [-0.05, 0) is 32.1 Å². The summed E-state index contributed by atoms with van der Waals surface area (Å²) in [7, 11) is 0. The summed E-state index contributed by atoms with van der Waals surface area (Å²) in [5.74, 6) is 0. The first-order valence-electron chi connectivity index (χ1n) is 7.70. The molecule has 0 radical (unpaired) electrons. The molecule has 2 rings (SSSR count). The Labute approximate surface area is 120 Å². The maximum absolute atomic E-state index is 12.1. The molecular formula is C15H25N3O2. The van der Waals surface area contributed by atoms with E-state index >= 15 is 0 Å². The van der Waals surface area contributed by atoms with Crippen LogP contribution in [-0.2, 0) is 11.3 Å². The van der Waals surface area contributed by atoms with Gasteiger partial charge in [-0.25, -0.2) is 9.78 Å². The lowest BCUT2D eigenvalue weighted by Gasteiger charge is -2.35. The second-order valence-corrected chi connectivity index (χ2v) is 5.40. The van der Waals surface area contributed by atoms with Crippen LogP contribution in [0.2, 0.25) is 0 Å². The second kappa shape index (κ2) is 7.92. The SMILES string of the molecule is CCCCOC(=O)N1CCCC[C@@H]1CCn1ccnc1. The van der Waals surface area contributed by atoms with Crippen molar-refractivity contribution < 1.29 is 9.53 Å². The molecule has 2 heterocycles. The highest BCUT2D eigenvalue weighted by Gasteiger charge is 2.27. The number of piperidine rings is 1. The average Bonchev–Trinajstić information content (AvgIpc) is 2.99. The normalized spacial score (nSPS) is 19.1. The third-order valence-corrected chi connectivity index (χ3v) is 3.86. The predicted octanol–water partition coefficient (Wildman–Crippen LogP) is 3.06.